The van der Waals surface area contributed by atoms with Gasteiger partial charge in [-0.2, -0.15) is 0 Å². The van der Waals surface area contributed by atoms with Crippen LogP contribution in [0.25, 0.3) is 0 Å². The van der Waals surface area contributed by atoms with E-state index in [4.69, 9.17) is 11.5 Å². The summed E-state index contributed by atoms with van der Waals surface area (Å²) in [5, 5.41) is 38.1. The van der Waals surface area contributed by atoms with Crippen molar-refractivity contribution in [1.82, 2.24) is 0 Å². The van der Waals surface area contributed by atoms with Crippen LogP contribution in [0.4, 0.5) is 11.4 Å². The van der Waals surface area contributed by atoms with Crippen molar-refractivity contribution in [1.29, 1.82) is 0 Å². The number of phenols is 4. The Labute approximate surface area is 150 Å². The first kappa shape index (κ1) is 17.3. The molecule has 6 heteroatoms. The molecule has 0 amide bonds. The van der Waals surface area contributed by atoms with Crippen LogP contribution >= 0.6 is 0 Å². The van der Waals surface area contributed by atoms with E-state index in [1.165, 1.54) is 24.3 Å². The Hall–Kier alpha value is -3.54. The van der Waals surface area contributed by atoms with Gasteiger partial charge in [0.2, 0.25) is 0 Å². The minimum atomic E-state index is -0.184. The van der Waals surface area contributed by atoms with Crippen LogP contribution in [0, 0.1) is 0 Å². The van der Waals surface area contributed by atoms with E-state index < -0.39 is 0 Å². The molecule has 3 aromatic carbocycles. The molecule has 8 N–H and O–H groups in total. The van der Waals surface area contributed by atoms with Gasteiger partial charge in [-0.25, -0.2) is 0 Å². The number of aromatic hydroxyl groups is 4. The monoisotopic (exact) mass is 352 g/mol. The van der Waals surface area contributed by atoms with Crippen LogP contribution in [0.1, 0.15) is 22.3 Å². The van der Waals surface area contributed by atoms with Gasteiger partial charge in [-0.05, 0) is 65.4 Å². The molecule has 0 aliphatic carbocycles. The predicted octanol–water partition coefficient (Wildman–Crippen LogP) is 2.86. The molecule has 0 spiro atoms. The molecule has 0 atom stereocenters. The number of benzene rings is 3. The summed E-state index contributed by atoms with van der Waals surface area (Å²) < 4.78 is 0. The summed E-state index contributed by atoms with van der Waals surface area (Å²) in [6, 6.07) is 12.8. The second kappa shape index (κ2) is 6.76. The molecule has 134 valence electrons. The molecule has 3 rings (SSSR count). The average molecular weight is 352 g/mol. The second-order valence-electron chi connectivity index (χ2n) is 6.25. The van der Waals surface area contributed by atoms with Crippen molar-refractivity contribution < 1.29 is 20.4 Å². The second-order valence-corrected chi connectivity index (χ2v) is 6.25. The minimum absolute atomic E-state index is 0.174. The summed E-state index contributed by atoms with van der Waals surface area (Å²) in [6.45, 7) is 0. The molecule has 0 aromatic heterocycles. The lowest BCUT2D eigenvalue weighted by molar-refractivity contribution is 0.403. The zero-order valence-electron chi connectivity index (χ0n) is 14.0. The van der Waals surface area contributed by atoms with Crippen LogP contribution in [0.3, 0.4) is 0 Å². The largest absolute Gasteiger partial charge is 0.504 e. The van der Waals surface area contributed by atoms with Crippen LogP contribution < -0.4 is 11.5 Å². The average Bonchev–Trinajstić information content (AvgIpc) is 2.58. The van der Waals surface area contributed by atoms with Crippen molar-refractivity contribution in [2.45, 2.75) is 12.8 Å². The van der Waals surface area contributed by atoms with Gasteiger partial charge in [0.1, 0.15) is 0 Å². The van der Waals surface area contributed by atoms with E-state index in [0.29, 0.717) is 24.2 Å². The summed E-state index contributed by atoms with van der Waals surface area (Å²) in [5.74, 6) is -0.716. The van der Waals surface area contributed by atoms with Crippen LogP contribution in [-0.2, 0) is 12.8 Å². The summed E-state index contributed by atoms with van der Waals surface area (Å²) in [4.78, 5) is 0. The highest BCUT2D eigenvalue weighted by atomic mass is 16.3. The molecule has 6 nitrogen and oxygen atoms in total. The molecule has 0 aliphatic rings. The van der Waals surface area contributed by atoms with E-state index in [-0.39, 0.29) is 23.0 Å². The molecule has 0 radical (unpaired) electrons. The Balaban J connectivity index is 1.90. The molecule has 0 bridgehead atoms. The van der Waals surface area contributed by atoms with E-state index in [1.807, 2.05) is 6.07 Å². The molecule has 0 unspecified atom stereocenters. The van der Waals surface area contributed by atoms with Gasteiger partial charge in [-0.1, -0.05) is 18.2 Å². The molecule has 0 aliphatic heterocycles. The number of phenolic OH excluding ortho intramolecular Hbond substituents is 4. The highest BCUT2D eigenvalue weighted by molar-refractivity contribution is 5.63. The van der Waals surface area contributed by atoms with E-state index in [1.54, 1.807) is 18.2 Å². The van der Waals surface area contributed by atoms with Gasteiger partial charge in [0.25, 0.3) is 0 Å². The first-order valence-electron chi connectivity index (χ1n) is 8.02. The van der Waals surface area contributed by atoms with Crippen LogP contribution in [0.5, 0.6) is 23.0 Å². The summed E-state index contributed by atoms with van der Waals surface area (Å²) in [5.41, 5.74) is 16.5. The fraction of sp³-hybridized carbons (Fsp3) is 0.100. The van der Waals surface area contributed by atoms with E-state index in [2.05, 4.69) is 0 Å². The first-order valence-corrected chi connectivity index (χ1v) is 8.02. The van der Waals surface area contributed by atoms with E-state index in [0.717, 1.165) is 22.3 Å². The van der Waals surface area contributed by atoms with Crippen LogP contribution in [0.15, 0.2) is 48.5 Å². The smallest absolute Gasteiger partial charge is 0.157 e. The fourth-order valence-corrected chi connectivity index (χ4v) is 2.83. The number of rotatable bonds is 4. The highest BCUT2D eigenvalue weighted by Crippen LogP contribution is 2.31. The SMILES string of the molecule is Nc1cc(N)c(Cc2ccc(O)c(O)c2)cc1Cc1ccc(O)c(O)c1. The maximum Gasteiger partial charge on any atom is 0.157 e. The molecule has 0 saturated carbocycles. The summed E-state index contributed by atoms with van der Waals surface area (Å²) >= 11 is 0. The van der Waals surface area contributed by atoms with Crippen molar-refractivity contribution >= 4 is 11.4 Å². The maximum atomic E-state index is 9.64. The summed E-state index contributed by atoms with van der Waals surface area (Å²) in [6.07, 6.45) is 0.932. The Morgan fingerprint density at radius 3 is 1.35 bits per heavy atom. The van der Waals surface area contributed by atoms with Crippen molar-refractivity contribution in [2.75, 3.05) is 11.5 Å². The highest BCUT2D eigenvalue weighted by Gasteiger charge is 2.10. The molecule has 0 heterocycles. The Bertz CT molecular complexity index is 896. The standard InChI is InChI=1S/C20H20N2O4/c21-15-10-16(22)14(6-12-2-4-18(24)20(26)8-12)9-13(15)5-11-1-3-17(23)19(25)7-11/h1-4,7-10,23-26H,5-6,21-22H2. The lowest BCUT2D eigenvalue weighted by atomic mass is 9.96. The third kappa shape index (κ3) is 3.59. The predicted molar refractivity (Wildman–Crippen MR) is 100 cm³/mol. The van der Waals surface area contributed by atoms with Crippen molar-refractivity contribution in [3.63, 3.8) is 0 Å². The molecule has 0 saturated heterocycles. The number of nitrogens with two attached hydrogens (primary N) is 2. The Morgan fingerprint density at radius 2 is 0.962 bits per heavy atom. The lowest BCUT2D eigenvalue weighted by Crippen LogP contribution is -2.03. The van der Waals surface area contributed by atoms with Gasteiger partial charge in [0.05, 0.1) is 0 Å². The van der Waals surface area contributed by atoms with E-state index >= 15 is 0 Å². The molecular weight excluding hydrogens is 332 g/mol. The van der Waals surface area contributed by atoms with Gasteiger partial charge in [-0.3, -0.25) is 0 Å². The zero-order chi connectivity index (χ0) is 18.8. The molecule has 3 aromatic rings. The minimum Gasteiger partial charge on any atom is -0.504 e. The lowest BCUT2D eigenvalue weighted by Gasteiger charge is -2.13. The third-order valence-corrected chi connectivity index (χ3v) is 4.27. The van der Waals surface area contributed by atoms with Gasteiger partial charge >= 0.3 is 0 Å². The Kier molecular flexibility index (Phi) is 4.49. The van der Waals surface area contributed by atoms with Gasteiger partial charge in [-0.15, -0.1) is 0 Å². The number of hydrogen-bond acceptors (Lipinski definition) is 6. The van der Waals surface area contributed by atoms with Crippen molar-refractivity contribution in [3.05, 3.63) is 70.8 Å². The third-order valence-electron chi connectivity index (χ3n) is 4.27. The van der Waals surface area contributed by atoms with Crippen molar-refractivity contribution in [3.8, 4) is 23.0 Å². The summed E-state index contributed by atoms with van der Waals surface area (Å²) in [7, 11) is 0. The molecule has 0 fully saturated rings. The number of nitrogen functional groups attached to an aromatic ring is 2. The number of anilines is 2. The zero-order valence-corrected chi connectivity index (χ0v) is 14.0. The van der Waals surface area contributed by atoms with Gasteiger partial charge in [0, 0.05) is 11.4 Å². The van der Waals surface area contributed by atoms with Gasteiger partial charge in [0.15, 0.2) is 23.0 Å². The first-order chi connectivity index (χ1) is 12.3. The van der Waals surface area contributed by atoms with E-state index in [9.17, 15) is 20.4 Å². The maximum absolute atomic E-state index is 9.64. The van der Waals surface area contributed by atoms with Gasteiger partial charge < -0.3 is 31.9 Å². The Morgan fingerprint density at radius 1 is 0.538 bits per heavy atom. The molecule has 26 heavy (non-hydrogen) atoms. The quantitative estimate of drug-likeness (QED) is 0.316. The normalized spacial score (nSPS) is 10.8. The van der Waals surface area contributed by atoms with Crippen LogP contribution in [-0.4, -0.2) is 20.4 Å². The molecular formula is C20H20N2O4. The number of hydrogen-bond donors (Lipinski definition) is 6. The topological polar surface area (TPSA) is 133 Å². The van der Waals surface area contributed by atoms with Crippen molar-refractivity contribution in [2.24, 2.45) is 0 Å². The van der Waals surface area contributed by atoms with Crippen LogP contribution in [0.2, 0.25) is 0 Å². The fourth-order valence-electron chi connectivity index (χ4n) is 2.83.